The first kappa shape index (κ1) is 15.2. The smallest absolute Gasteiger partial charge is 0.263 e. The second-order valence-corrected chi connectivity index (χ2v) is 6.52. The molecule has 0 aliphatic rings. The molecule has 0 aliphatic carbocycles. The summed E-state index contributed by atoms with van der Waals surface area (Å²) in [4.78, 5) is -0.126. The molecule has 7 heteroatoms. The van der Waals surface area contributed by atoms with Gasteiger partial charge in [0.25, 0.3) is 10.0 Å². The van der Waals surface area contributed by atoms with Crippen molar-refractivity contribution in [3.8, 4) is 6.07 Å². The Morgan fingerprint density at radius 1 is 1.24 bits per heavy atom. The number of nitrogens with two attached hydrogens (primary N) is 1. The van der Waals surface area contributed by atoms with Gasteiger partial charge in [-0.3, -0.25) is 4.72 Å². The van der Waals surface area contributed by atoms with Crippen LogP contribution in [0.3, 0.4) is 0 Å². The minimum absolute atomic E-state index is 0.0119. The van der Waals surface area contributed by atoms with Crippen LogP contribution in [0.25, 0.3) is 0 Å². The van der Waals surface area contributed by atoms with E-state index in [-0.39, 0.29) is 10.5 Å². The number of sulfonamides is 1. The lowest BCUT2D eigenvalue weighted by Gasteiger charge is -2.12. The van der Waals surface area contributed by atoms with Gasteiger partial charge in [-0.1, -0.05) is 17.7 Å². The van der Waals surface area contributed by atoms with Crippen molar-refractivity contribution in [2.45, 2.75) is 11.8 Å². The van der Waals surface area contributed by atoms with Crippen LogP contribution in [-0.4, -0.2) is 8.42 Å². The first-order valence-corrected chi connectivity index (χ1v) is 7.78. The lowest BCUT2D eigenvalue weighted by atomic mass is 10.2. The van der Waals surface area contributed by atoms with Gasteiger partial charge in [-0.25, -0.2) is 8.42 Å². The molecule has 0 aromatic heterocycles. The van der Waals surface area contributed by atoms with Crippen LogP contribution in [0.4, 0.5) is 11.4 Å². The molecular formula is C14H12ClN3O2S. The molecular weight excluding hydrogens is 310 g/mol. The number of nitrogens with one attached hydrogen (secondary N) is 1. The Morgan fingerprint density at radius 3 is 2.62 bits per heavy atom. The summed E-state index contributed by atoms with van der Waals surface area (Å²) in [6.45, 7) is 1.75. The highest BCUT2D eigenvalue weighted by Gasteiger charge is 2.19. The van der Waals surface area contributed by atoms with Crippen molar-refractivity contribution < 1.29 is 8.42 Å². The molecule has 0 amide bonds. The molecule has 108 valence electrons. The van der Waals surface area contributed by atoms with Crippen LogP contribution in [0.5, 0.6) is 0 Å². The maximum absolute atomic E-state index is 12.4. The summed E-state index contributed by atoms with van der Waals surface area (Å²) in [6, 6.07) is 10.8. The number of nitrogens with zero attached hydrogens (tertiary/aromatic N) is 1. The second-order valence-electron chi connectivity index (χ2n) is 4.43. The second kappa shape index (κ2) is 5.64. The van der Waals surface area contributed by atoms with Crippen LogP contribution < -0.4 is 10.5 Å². The Morgan fingerprint density at radius 2 is 1.95 bits per heavy atom. The lowest BCUT2D eigenvalue weighted by Crippen LogP contribution is -2.15. The summed E-state index contributed by atoms with van der Waals surface area (Å²) in [5.41, 5.74) is 6.95. The van der Waals surface area contributed by atoms with Crippen LogP contribution in [0.15, 0.2) is 41.3 Å². The van der Waals surface area contributed by atoms with E-state index in [9.17, 15) is 8.42 Å². The molecule has 0 saturated heterocycles. The molecule has 0 atom stereocenters. The molecule has 0 radical (unpaired) electrons. The number of anilines is 2. The number of rotatable bonds is 3. The van der Waals surface area contributed by atoms with E-state index in [0.29, 0.717) is 16.4 Å². The van der Waals surface area contributed by atoms with E-state index >= 15 is 0 Å². The van der Waals surface area contributed by atoms with Gasteiger partial charge in [-0.05, 0) is 42.8 Å². The van der Waals surface area contributed by atoms with Crippen LogP contribution in [0.2, 0.25) is 5.02 Å². The summed E-state index contributed by atoms with van der Waals surface area (Å²) >= 11 is 5.87. The molecule has 2 aromatic carbocycles. The monoisotopic (exact) mass is 321 g/mol. The van der Waals surface area contributed by atoms with Crippen molar-refractivity contribution >= 4 is 33.0 Å². The molecule has 0 fully saturated rings. The van der Waals surface area contributed by atoms with Crippen LogP contribution in [-0.2, 0) is 10.0 Å². The first-order chi connectivity index (χ1) is 9.83. The third-order valence-corrected chi connectivity index (χ3v) is 4.52. The van der Waals surface area contributed by atoms with Gasteiger partial charge in [0.1, 0.15) is 11.0 Å². The third-order valence-electron chi connectivity index (χ3n) is 2.86. The topological polar surface area (TPSA) is 96.0 Å². The minimum atomic E-state index is -3.90. The zero-order valence-electron chi connectivity index (χ0n) is 11.1. The van der Waals surface area contributed by atoms with Crippen LogP contribution in [0.1, 0.15) is 11.1 Å². The minimum Gasteiger partial charge on any atom is -0.399 e. The molecule has 2 rings (SSSR count). The largest absolute Gasteiger partial charge is 0.399 e. The van der Waals surface area contributed by atoms with Crippen LogP contribution in [0, 0.1) is 18.3 Å². The van der Waals surface area contributed by atoms with Gasteiger partial charge in [-0.15, -0.1) is 0 Å². The van der Waals surface area contributed by atoms with Gasteiger partial charge in [0.2, 0.25) is 0 Å². The van der Waals surface area contributed by atoms with Crippen molar-refractivity contribution in [3.63, 3.8) is 0 Å². The number of nitriles is 1. The molecule has 3 N–H and O–H groups in total. The molecule has 0 bridgehead atoms. The fraction of sp³-hybridized carbons (Fsp3) is 0.0714. The Labute approximate surface area is 128 Å². The van der Waals surface area contributed by atoms with Crippen molar-refractivity contribution in [1.29, 1.82) is 5.26 Å². The fourth-order valence-electron chi connectivity index (χ4n) is 1.77. The van der Waals surface area contributed by atoms with E-state index in [2.05, 4.69) is 4.72 Å². The number of nitrogen functional groups attached to an aromatic ring is 1. The molecule has 21 heavy (non-hydrogen) atoms. The van der Waals surface area contributed by atoms with Gasteiger partial charge >= 0.3 is 0 Å². The Bertz CT molecular complexity index is 842. The third kappa shape index (κ3) is 3.27. The van der Waals surface area contributed by atoms with Gasteiger partial charge in [-0.2, -0.15) is 5.26 Å². The van der Waals surface area contributed by atoms with Crippen molar-refractivity contribution in [2.75, 3.05) is 10.5 Å². The summed E-state index contributed by atoms with van der Waals surface area (Å²) < 4.78 is 27.3. The summed E-state index contributed by atoms with van der Waals surface area (Å²) in [6.07, 6.45) is 0. The van der Waals surface area contributed by atoms with Gasteiger partial charge in [0, 0.05) is 10.7 Å². The first-order valence-electron chi connectivity index (χ1n) is 5.92. The summed E-state index contributed by atoms with van der Waals surface area (Å²) in [5.74, 6) is 0. The SMILES string of the molecule is Cc1ccc(Cl)cc1NS(=O)(=O)c1ccc(N)cc1C#N. The van der Waals surface area contributed by atoms with Crippen LogP contribution >= 0.6 is 11.6 Å². The maximum atomic E-state index is 12.4. The zero-order valence-corrected chi connectivity index (χ0v) is 12.7. The highest BCUT2D eigenvalue weighted by Crippen LogP contribution is 2.25. The van der Waals surface area contributed by atoms with E-state index < -0.39 is 10.0 Å². The van der Waals surface area contributed by atoms with Crippen molar-refractivity contribution in [1.82, 2.24) is 0 Å². The number of hydrogen-bond acceptors (Lipinski definition) is 4. The molecule has 0 spiro atoms. The highest BCUT2D eigenvalue weighted by molar-refractivity contribution is 7.92. The molecule has 0 unspecified atom stereocenters. The summed E-state index contributed by atoms with van der Waals surface area (Å²) in [5, 5.41) is 9.47. The predicted molar refractivity (Wildman–Crippen MR) is 82.6 cm³/mol. The fourth-order valence-corrected chi connectivity index (χ4v) is 3.21. The molecule has 0 aliphatic heterocycles. The van der Waals surface area contributed by atoms with E-state index in [0.717, 1.165) is 5.56 Å². The average Bonchev–Trinajstić information content (AvgIpc) is 2.42. The highest BCUT2D eigenvalue weighted by atomic mass is 35.5. The van der Waals surface area contributed by atoms with Crippen molar-refractivity contribution in [2.24, 2.45) is 0 Å². The quantitative estimate of drug-likeness (QED) is 0.849. The summed E-state index contributed by atoms with van der Waals surface area (Å²) in [7, 11) is -3.90. The average molecular weight is 322 g/mol. The predicted octanol–water partition coefficient (Wildman–Crippen LogP) is 2.90. The van der Waals surface area contributed by atoms with Gasteiger partial charge in [0.15, 0.2) is 0 Å². The van der Waals surface area contributed by atoms with E-state index in [1.54, 1.807) is 19.1 Å². The maximum Gasteiger partial charge on any atom is 0.263 e. The zero-order chi connectivity index (χ0) is 15.6. The van der Waals surface area contributed by atoms with Gasteiger partial charge in [0.05, 0.1) is 11.3 Å². The van der Waals surface area contributed by atoms with E-state index in [1.165, 1.54) is 24.3 Å². The number of halogens is 1. The number of hydrogen-bond donors (Lipinski definition) is 2. The van der Waals surface area contributed by atoms with Crippen molar-refractivity contribution in [3.05, 3.63) is 52.5 Å². The number of aryl methyl sites for hydroxylation is 1. The van der Waals surface area contributed by atoms with E-state index in [1.807, 2.05) is 6.07 Å². The van der Waals surface area contributed by atoms with E-state index in [4.69, 9.17) is 22.6 Å². The molecule has 5 nitrogen and oxygen atoms in total. The lowest BCUT2D eigenvalue weighted by molar-refractivity contribution is 0.601. The Kier molecular flexibility index (Phi) is 4.07. The molecule has 0 heterocycles. The van der Waals surface area contributed by atoms with Gasteiger partial charge < -0.3 is 5.73 Å². The molecule has 0 saturated carbocycles. The normalized spacial score (nSPS) is 10.9. The Balaban J connectivity index is 2.49. The Hall–Kier alpha value is -2.23. The number of benzene rings is 2. The standard InChI is InChI=1S/C14H12ClN3O2S/c1-9-2-3-11(15)7-13(9)18-21(19,20)14-5-4-12(17)6-10(14)8-16/h2-7,18H,17H2,1H3. The molecule has 2 aromatic rings.